The van der Waals surface area contributed by atoms with Crippen LogP contribution in [0.25, 0.3) is 0 Å². The van der Waals surface area contributed by atoms with E-state index in [0.717, 1.165) is 12.0 Å². The van der Waals surface area contributed by atoms with E-state index in [2.05, 4.69) is 10.6 Å². The van der Waals surface area contributed by atoms with Crippen molar-refractivity contribution in [2.24, 2.45) is 0 Å². The second kappa shape index (κ2) is 6.22. The van der Waals surface area contributed by atoms with Gasteiger partial charge in [-0.3, -0.25) is 0 Å². The van der Waals surface area contributed by atoms with E-state index in [0.29, 0.717) is 11.3 Å². The molecule has 0 aliphatic heterocycles. The van der Waals surface area contributed by atoms with E-state index in [9.17, 15) is 9.59 Å². The first-order valence-electron chi connectivity index (χ1n) is 6.27. The summed E-state index contributed by atoms with van der Waals surface area (Å²) >= 11 is 0. The van der Waals surface area contributed by atoms with Gasteiger partial charge in [-0.1, -0.05) is 6.92 Å². The molecule has 1 aromatic rings. The number of rotatable bonds is 4. The number of carboxylic acids is 1. The van der Waals surface area contributed by atoms with Gasteiger partial charge < -0.3 is 15.7 Å². The average Bonchev–Trinajstić information content (AvgIpc) is 2.32. The minimum atomic E-state index is -0.994. The van der Waals surface area contributed by atoms with Gasteiger partial charge in [0.1, 0.15) is 0 Å². The molecule has 0 bridgehead atoms. The second-order valence-corrected chi connectivity index (χ2v) is 4.68. The summed E-state index contributed by atoms with van der Waals surface area (Å²) in [5.74, 6) is -0.994. The van der Waals surface area contributed by atoms with Crippen LogP contribution in [0.2, 0.25) is 0 Å². The molecule has 5 nitrogen and oxygen atoms in total. The van der Waals surface area contributed by atoms with E-state index < -0.39 is 5.97 Å². The molecule has 0 saturated carbocycles. The highest BCUT2D eigenvalue weighted by molar-refractivity contribution is 5.94. The molecule has 1 unspecified atom stereocenters. The molecule has 0 spiro atoms. The van der Waals surface area contributed by atoms with Gasteiger partial charge in [0.15, 0.2) is 0 Å². The molecule has 1 atom stereocenters. The number of carbonyl (C=O) groups is 2. The predicted molar refractivity (Wildman–Crippen MR) is 74.8 cm³/mol. The number of urea groups is 1. The molecule has 1 rings (SSSR count). The summed E-state index contributed by atoms with van der Waals surface area (Å²) in [6.45, 7) is 7.45. The lowest BCUT2D eigenvalue weighted by Crippen LogP contribution is -2.35. The Bertz CT molecular complexity index is 498. The normalized spacial score (nSPS) is 11.8. The zero-order chi connectivity index (χ0) is 14.6. The number of benzene rings is 1. The van der Waals surface area contributed by atoms with Crippen LogP contribution in [0.5, 0.6) is 0 Å². The van der Waals surface area contributed by atoms with Gasteiger partial charge in [-0.05, 0) is 50.5 Å². The molecule has 0 aliphatic carbocycles. The lowest BCUT2D eigenvalue weighted by molar-refractivity contribution is 0.0696. The number of carbonyl (C=O) groups excluding carboxylic acids is 1. The Balaban J connectivity index is 2.91. The number of anilines is 1. The molecular weight excluding hydrogens is 244 g/mol. The van der Waals surface area contributed by atoms with Crippen molar-refractivity contribution in [2.75, 3.05) is 5.32 Å². The summed E-state index contributed by atoms with van der Waals surface area (Å²) in [4.78, 5) is 22.8. The Labute approximate surface area is 113 Å². The van der Waals surface area contributed by atoms with Gasteiger partial charge in [0.2, 0.25) is 0 Å². The first kappa shape index (κ1) is 15.0. The van der Waals surface area contributed by atoms with Crippen LogP contribution in [0.3, 0.4) is 0 Å². The summed E-state index contributed by atoms with van der Waals surface area (Å²) in [6, 6.07) is 2.98. The van der Waals surface area contributed by atoms with Crippen LogP contribution in [0.4, 0.5) is 10.5 Å². The monoisotopic (exact) mass is 264 g/mol. The van der Waals surface area contributed by atoms with E-state index in [-0.39, 0.29) is 17.6 Å². The summed E-state index contributed by atoms with van der Waals surface area (Å²) in [5.41, 5.74) is 2.24. The molecule has 0 aromatic heterocycles. The quantitative estimate of drug-likeness (QED) is 0.782. The third-order valence-electron chi connectivity index (χ3n) is 3.15. The van der Waals surface area contributed by atoms with Gasteiger partial charge in [0.05, 0.1) is 5.56 Å². The van der Waals surface area contributed by atoms with E-state index in [1.807, 2.05) is 20.8 Å². The van der Waals surface area contributed by atoms with Gasteiger partial charge >= 0.3 is 12.0 Å². The Morgan fingerprint density at radius 3 is 2.47 bits per heavy atom. The number of hydrogen-bond donors (Lipinski definition) is 3. The number of aromatic carboxylic acids is 1. The lowest BCUT2D eigenvalue weighted by Gasteiger charge is -2.14. The smallest absolute Gasteiger partial charge is 0.336 e. The highest BCUT2D eigenvalue weighted by Gasteiger charge is 2.12. The van der Waals surface area contributed by atoms with E-state index in [4.69, 9.17) is 5.11 Å². The second-order valence-electron chi connectivity index (χ2n) is 4.68. The van der Waals surface area contributed by atoms with Crippen LogP contribution in [0.15, 0.2) is 12.1 Å². The lowest BCUT2D eigenvalue weighted by atomic mass is 10.0. The fourth-order valence-corrected chi connectivity index (χ4v) is 1.65. The van der Waals surface area contributed by atoms with Gasteiger partial charge in [0.25, 0.3) is 0 Å². The summed E-state index contributed by atoms with van der Waals surface area (Å²) in [7, 11) is 0. The van der Waals surface area contributed by atoms with E-state index in [1.165, 1.54) is 6.07 Å². The van der Waals surface area contributed by atoms with Crippen LogP contribution in [-0.4, -0.2) is 23.1 Å². The summed E-state index contributed by atoms with van der Waals surface area (Å²) in [6.07, 6.45) is 0.834. The molecule has 0 saturated heterocycles. The summed E-state index contributed by atoms with van der Waals surface area (Å²) < 4.78 is 0. The minimum Gasteiger partial charge on any atom is -0.478 e. The third-order valence-corrected chi connectivity index (χ3v) is 3.15. The molecule has 1 aromatic carbocycles. The maximum absolute atomic E-state index is 11.7. The van der Waals surface area contributed by atoms with Gasteiger partial charge in [0, 0.05) is 11.7 Å². The topological polar surface area (TPSA) is 78.4 Å². The van der Waals surface area contributed by atoms with Gasteiger partial charge in [-0.2, -0.15) is 0 Å². The number of nitrogens with one attached hydrogen (secondary N) is 2. The Hall–Kier alpha value is -2.04. The largest absolute Gasteiger partial charge is 0.478 e. The molecule has 0 heterocycles. The molecule has 0 fully saturated rings. The van der Waals surface area contributed by atoms with Crippen molar-refractivity contribution in [2.45, 2.75) is 40.2 Å². The van der Waals surface area contributed by atoms with Crippen molar-refractivity contribution < 1.29 is 14.7 Å². The molecular formula is C14H20N2O3. The van der Waals surface area contributed by atoms with E-state index >= 15 is 0 Å². The van der Waals surface area contributed by atoms with Crippen LogP contribution < -0.4 is 10.6 Å². The standard InChI is InChI=1S/C14H20N2O3/c1-5-9(3)15-14(19)16-11-6-8(2)10(4)12(7-11)13(17)18/h6-7,9H,5H2,1-4H3,(H,17,18)(H2,15,16,19). The van der Waals surface area contributed by atoms with Crippen LogP contribution >= 0.6 is 0 Å². The third kappa shape index (κ3) is 3.98. The van der Waals surface area contributed by atoms with Crippen LogP contribution in [0.1, 0.15) is 41.8 Å². The van der Waals surface area contributed by atoms with Crippen molar-refractivity contribution in [3.05, 3.63) is 28.8 Å². The Kier molecular flexibility index (Phi) is 4.92. The summed E-state index contributed by atoms with van der Waals surface area (Å²) in [5, 5.41) is 14.5. The minimum absolute atomic E-state index is 0.0745. The van der Waals surface area contributed by atoms with Crippen molar-refractivity contribution in [1.29, 1.82) is 0 Å². The van der Waals surface area contributed by atoms with Crippen LogP contribution in [0, 0.1) is 13.8 Å². The van der Waals surface area contributed by atoms with E-state index in [1.54, 1.807) is 13.0 Å². The first-order chi connectivity index (χ1) is 8.85. The predicted octanol–water partition coefficient (Wildman–Crippen LogP) is 2.92. The SMILES string of the molecule is CCC(C)NC(=O)Nc1cc(C)c(C)c(C(=O)O)c1. The highest BCUT2D eigenvalue weighted by Crippen LogP contribution is 2.20. The van der Waals surface area contributed by atoms with Crippen LogP contribution in [-0.2, 0) is 0 Å². The van der Waals surface area contributed by atoms with Crippen molar-refractivity contribution in [3.63, 3.8) is 0 Å². The highest BCUT2D eigenvalue weighted by atomic mass is 16.4. The Morgan fingerprint density at radius 2 is 1.95 bits per heavy atom. The molecule has 2 amide bonds. The Morgan fingerprint density at radius 1 is 1.32 bits per heavy atom. The fourth-order valence-electron chi connectivity index (χ4n) is 1.65. The molecule has 5 heteroatoms. The van der Waals surface area contributed by atoms with Gasteiger partial charge in [-0.15, -0.1) is 0 Å². The number of amides is 2. The molecule has 0 radical (unpaired) electrons. The zero-order valence-electron chi connectivity index (χ0n) is 11.7. The fraction of sp³-hybridized carbons (Fsp3) is 0.429. The van der Waals surface area contributed by atoms with Crippen molar-refractivity contribution in [1.82, 2.24) is 5.32 Å². The maximum atomic E-state index is 11.7. The number of hydrogen-bond acceptors (Lipinski definition) is 2. The first-order valence-corrected chi connectivity index (χ1v) is 6.27. The maximum Gasteiger partial charge on any atom is 0.336 e. The number of carboxylic acid groups (broad SMARTS) is 1. The molecule has 19 heavy (non-hydrogen) atoms. The zero-order valence-corrected chi connectivity index (χ0v) is 11.7. The van der Waals surface area contributed by atoms with Crippen molar-refractivity contribution >= 4 is 17.7 Å². The molecule has 0 aliphatic rings. The van der Waals surface area contributed by atoms with Gasteiger partial charge in [-0.25, -0.2) is 9.59 Å². The average molecular weight is 264 g/mol. The van der Waals surface area contributed by atoms with Crippen molar-refractivity contribution in [3.8, 4) is 0 Å². The number of aryl methyl sites for hydroxylation is 1. The molecule has 3 N–H and O–H groups in total. The molecule has 104 valence electrons.